The maximum atomic E-state index is 13.4. The lowest BCUT2D eigenvalue weighted by Crippen LogP contribution is -2.24. The number of benzene rings is 2. The Morgan fingerprint density at radius 2 is 1.65 bits per heavy atom. The minimum Gasteiger partial charge on any atom is -0.497 e. The second kappa shape index (κ2) is 8.07. The Balaban J connectivity index is 2.15. The van der Waals surface area contributed by atoms with Crippen LogP contribution in [0, 0.1) is 5.82 Å². The molecular formula is C18H17F4NO3. The molecule has 0 amide bonds. The van der Waals surface area contributed by atoms with Gasteiger partial charge < -0.3 is 14.8 Å². The van der Waals surface area contributed by atoms with Crippen LogP contribution in [0.4, 0.5) is 23.2 Å². The fraction of sp³-hybridized carbons (Fsp3) is 0.278. The van der Waals surface area contributed by atoms with E-state index in [2.05, 4.69) is 5.32 Å². The molecule has 0 atom stereocenters. The molecule has 0 bridgehead atoms. The van der Waals surface area contributed by atoms with Gasteiger partial charge in [0.25, 0.3) is 5.78 Å². The molecular weight excluding hydrogens is 354 g/mol. The molecule has 0 aliphatic carbocycles. The van der Waals surface area contributed by atoms with E-state index in [0.29, 0.717) is 17.9 Å². The number of carbonyl (C=O) groups excluding carboxylic acids is 1. The van der Waals surface area contributed by atoms with Crippen molar-refractivity contribution < 1.29 is 31.8 Å². The van der Waals surface area contributed by atoms with E-state index in [-0.39, 0.29) is 12.2 Å². The van der Waals surface area contributed by atoms with Crippen LogP contribution < -0.4 is 14.8 Å². The number of Topliss-reactive ketones (excluding diaryl/α,β-unsaturated/α-hetero) is 1. The predicted molar refractivity (Wildman–Crippen MR) is 88.5 cm³/mol. The summed E-state index contributed by atoms with van der Waals surface area (Å²) in [5.41, 5.74) is -0.0295. The number of ketones is 1. The van der Waals surface area contributed by atoms with Crippen molar-refractivity contribution in [1.82, 2.24) is 0 Å². The van der Waals surface area contributed by atoms with Gasteiger partial charge in [0.2, 0.25) is 0 Å². The van der Waals surface area contributed by atoms with E-state index in [4.69, 9.17) is 9.47 Å². The summed E-state index contributed by atoms with van der Waals surface area (Å²) >= 11 is 0. The number of rotatable bonds is 7. The fourth-order valence-electron chi connectivity index (χ4n) is 2.37. The van der Waals surface area contributed by atoms with E-state index >= 15 is 0 Å². The van der Waals surface area contributed by atoms with Crippen LogP contribution in [0.5, 0.6) is 11.5 Å². The van der Waals surface area contributed by atoms with Gasteiger partial charge in [0, 0.05) is 18.3 Å². The first-order chi connectivity index (χ1) is 12.2. The van der Waals surface area contributed by atoms with Crippen LogP contribution >= 0.6 is 0 Å². The molecule has 140 valence electrons. The Kier molecular flexibility index (Phi) is 6.07. The SMILES string of the molecule is COc1cc(CCNc2cc(F)ccc2C(=O)C(F)(F)F)cc(OC)c1. The number of halogens is 4. The summed E-state index contributed by atoms with van der Waals surface area (Å²) in [5.74, 6) is -1.63. The molecule has 0 fully saturated rings. The minimum atomic E-state index is -5.03. The predicted octanol–water partition coefficient (Wildman–Crippen LogP) is 4.24. The second-order valence-electron chi connectivity index (χ2n) is 5.41. The molecule has 0 heterocycles. The molecule has 0 radical (unpaired) electrons. The number of ether oxygens (including phenoxy) is 2. The Hall–Kier alpha value is -2.77. The lowest BCUT2D eigenvalue weighted by Gasteiger charge is -2.14. The van der Waals surface area contributed by atoms with E-state index in [1.54, 1.807) is 18.2 Å². The summed E-state index contributed by atoms with van der Waals surface area (Å²) in [6.45, 7) is 0.178. The van der Waals surface area contributed by atoms with Crippen molar-refractivity contribution in [2.75, 3.05) is 26.1 Å². The van der Waals surface area contributed by atoms with Gasteiger partial charge in [0.1, 0.15) is 17.3 Å². The highest BCUT2D eigenvalue weighted by molar-refractivity contribution is 6.04. The van der Waals surface area contributed by atoms with Gasteiger partial charge in [-0.3, -0.25) is 4.79 Å². The molecule has 0 saturated carbocycles. The summed E-state index contributed by atoms with van der Waals surface area (Å²) in [7, 11) is 3.00. The summed E-state index contributed by atoms with van der Waals surface area (Å²) in [6.07, 6.45) is -4.64. The Bertz CT molecular complexity index is 768. The van der Waals surface area contributed by atoms with Gasteiger partial charge >= 0.3 is 6.18 Å². The first-order valence-corrected chi connectivity index (χ1v) is 7.61. The average molecular weight is 371 g/mol. The molecule has 2 aromatic rings. The number of carbonyl (C=O) groups is 1. The van der Waals surface area contributed by atoms with Gasteiger partial charge in [0.15, 0.2) is 0 Å². The Morgan fingerprint density at radius 3 is 2.19 bits per heavy atom. The average Bonchev–Trinajstić information content (AvgIpc) is 2.60. The van der Waals surface area contributed by atoms with Crippen molar-refractivity contribution in [3.63, 3.8) is 0 Å². The van der Waals surface area contributed by atoms with Gasteiger partial charge in [-0.05, 0) is 42.3 Å². The zero-order valence-electron chi connectivity index (χ0n) is 14.1. The third-order valence-corrected chi connectivity index (χ3v) is 3.62. The molecule has 2 aromatic carbocycles. The molecule has 0 saturated heterocycles. The molecule has 0 unspecified atom stereocenters. The maximum absolute atomic E-state index is 13.4. The zero-order chi connectivity index (χ0) is 19.3. The number of hydrogen-bond acceptors (Lipinski definition) is 4. The Labute approximate surface area is 147 Å². The molecule has 0 aliphatic heterocycles. The largest absolute Gasteiger partial charge is 0.497 e. The lowest BCUT2D eigenvalue weighted by atomic mass is 10.1. The van der Waals surface area contributed by atoms with Gasteiger partial charge in [-0.25, -0.2) is 4.39 Å². The highest BCUT2D eigenvalue weighted by atomic mass is 19.4. The molecule has 1 N–H and O–H groups in total. The van der Waals surface area contributed by atoms with E-state index in [0.717, 1.165) is 23.8 Å². The van der Waals surface area contributed by atoms with Crippen LogP contribution in [0.15, 0.2) is 36.4 Å². The third-order valence-electron chi connectivity index (χ3n) is 3.62. The van der Waals surface area contributed by atoms with Crippen molar-refractivity contribution >= 4 is 11.5 Å². The van der Waals surface area contributed by atoms with Gasteiger partial charge in [0.05, 0.1) is 19.8 Å². The molecule has 26 heavy (non-hydrogen) atoms. The Morgan fingerprint density at radius 1 is 1.04 bits per heavy atom. The summed E-state index contributed by atoms with van der Waals surface area (Å²) in [5, 5.41) is 2.69. The molecule has 0 spiro atoms. The van der Waals surface area contributed by atoms with E-state index in [9.17, 15) is 22.4 Å². The summed E-state index contributed by atoms with van der Waals surface area (Å²) in [6, 6.07) is 7.68. The third kappa shape index (κ3) is 4.87. The van der Waals surface area contributed by atoms with Gasteiger partial charge in [-0.2, -0.15) is 13.2 Å². The van der Waals surface area contributed by atoms with Crippen LogP contribution in [0.2, 0.25) is 0 Å². The van der Waals surface area contributed by atoms with Crippen molar-refractivity contribution in [1.29, 1.82) is 0 Å². The molecule has 2 rings (SSSR count). The first-order valence-electron chi connectivity index (χ1n) is 7.61. The standard InChI is InChI=1S/C18H17F4NO3/c1-25-13-7-11(8-14(10-13)26-2)5-6-23-16-9-12(19)3-4-15(16)17(24)18(20,21)22/h3-4,7-10,23H,5-6H2,1-2H3. The number of hydrogen-bond donors (Lipinski definition) is 1. The first kappa shape index (κ1) is 19.6. The van der Waals surface area contributed by atoms with Crippen molar-refractivity contribution in [3.05, 3.63) is 53.3 Å². The highest BCUT2D eigenvalue weighted by Crippen LogP contribution is 2.27. The van der Waals surface area contributed by atoms with E-state index < -0.39 is 23.3 Å². The molecule has 4 nitrogen and oxygen atoms in total. The molecule has 0 aliphatic rings. The second-order valence-corrected chi connectivity index (χ2v) is 5.41. The lowest BCUT2D eigenvalue weighted by molar-refractivity contribution is -0.0884. The van der Waals surface area contributed by atoms with Crippen LogP contribution in [0.25, 0.3) is 0 Å². The van der Waals surface area contributed by atoms with Crippen molar-refractivity contribution in [3.8, 4) is 11.5 Å². The van der Waals surface area contributed by atoms with Crippen LogP contribution in [-0.2, 0) is 6.42 Å². The number of methoxy groups -OCH3 is 2. The minimum absolute atomic E-state index is 0.178. The van der Waals surface area contributed by atoms with E-state index in [1.807, 2.05) is 0 Å². The number of nitrogens with one attached hydrogen (secondary N) is 1. The topological polar surface area (TPSA) is 47.6 Å². The van der Waals surface area contributed by atoms with Crippen molar-refractivity contribution in [2.45, 2.75) is 12.6 Å². The molecule has 8 heteroatoms. The zero-order valence-corrected chi connectivity index (χ0v) is 14.1. The quantitative estimate of drug-likeness (QED) is 0.584. The van der Waals surface area contributed by atoms with Crippen molar-refractivity contribution in [2.24, 2.45) is 0 Å². The number of anilines is 1. The van der Waals surface area contributed by atoms with Crippen LogP contribution in [-0.4, -0.2) is 32.7 Å². The van der Waals surface area contributed by atoms with Gasteiger partial charge in [-0.15, -0.1) is 0 Å². The smallest absolute Gasteiger partial charge is 0.454 e. The highest BCUT2D eigenvalue weighted by Gasteiger charge is 2.40. The molecule has 0 aromatic heterocycles. The monoisotopic (exact) mass is 371 g/mol. The van der Waals surface area contributed by atoms with E-state index in [1.165, 1.54) is 14.2 Å². The van der Waals surface area contributed by atoms with Crippen LogP contribution in [0.3, 0.4) is 0 Å². The fourth-order valence-corrected chi connectivity index (χ4v) is 2.37. The summed E-state index contributed by atoms with van der Waals surface area (Å²) in [4.78, 5) is 11.5. The van der Waals surface area contributed by atoms with Gasteiger partial charge in [-0.1, -0.05) is 0 Å². The summed E-state index contributed by atoms with van der Waals surface area (Å²) < 4.78 is 61.7. The normalized spacial score (nSPS) is 11.2. The van der Waals surface area contributed by atoms with Crippen LogP contribution in [0.1, 0.15) is 15.9 Å². The number of alkyl halides is 3. The maximum Gasteiger partial charge on any atom is 0.454 e.